The van der Waals surface area contributed by atoms with Crippen LogP contribution in [0.25, 0.3) is 5.69 Å². The topological polar surface area (TPSA) is 38.1 Å². The molecule has 1 heterocycles. The number of carbonyl (C=O) groups excluding carboxylic acids is 1. The largest absolute Gasteiger partial charge is 0.416 e. The van der Waals surface area contributed by atoms with Crippen LogP contribution in [0.4, 0.5) is 13.2 Å². The molecule has 0 radical (unpaired) electrons. The number of aromatic nitrogens is 2. The van der Waals surface area contributed by atoms with E-state index < -0.39 is 11.7 Å². The van der Waals surface area contributed by atoms with Crippen LogP contribution in [-0.4, -0.2) is 34.2 Å². The van der Waals surface area contributed by atoms with Gasteiger partial charge in [-0.15, -0.1) is 0 Å². The summed E-state index contributed by atoms with van der Waals surface area (Å²) in [5.74, 6) is 0.625. The van der Waals surface area contributed by atoms with Crippen LogP contribution in [0, 0.1) is 5.92 Å². The molecule has 0 unspecified atom stereocenters. The van der Waals surface area contributed by atoms with Crippen molar-refractivity contribution in [1.82, 2.24) is 14.7 Å². The van der Waals surface area contributed by atoms with Crippen LogP contribution in [0.5, 0.6) is 0 Å². The number of nitrogens with zero attached hydrogens (tertiary/aromatic N) is 3. The second-order valence-corrected chi connectivity index (χ2v) is 8.01. The van der Waals surface area contributed by atoms with E-state index in [2.05, 4.69) is 5.10 Å². The maximum atomic E-state index is 13.1. The predicted molar refractivity (Wildman–Crippen MR) is 99.5 cm³/mol. The molecule has 1 amide bonds. The fourth-order valence-electron chi connectivity index (χ4n) is 4.16. The van der Waals surface area contributed by atoms with Gasteiger partial charge in [0.05, 0.1) is 28.7 Å². The maximum absolute atomic E-state index is 13.1. The van der Waals surface area contributed by atoms with Crippen molar-refractivity contribution in [2.24, 2.45) is 5.92 Å². The van der Waals surface area contributed by atoms with E-state index in [4.69, 9.17) is 0 Å². The second-order valence-electron chi connectivity index (χ2n) is 8.01. The highest BCUT2D eigenvalue weighted by Gasteiger charge is 2.35. The number of hydrogen-bond acceptors (Lipinski definition) is 2. The summed E-state index contributed by atoms with van der Waals surface area (Å²) in [6, 6.07) is 5.12. The first-order valence-corrected chi connectivity index (χ1v) is 9.85. The lowest BCUT2D eigenvalue weighted by Gasteiger charge is -2.21. The third kappa shape index (κ3) is 3.80. The molecule has 28 heavy (non-hydrogen) atoms. The summed E-state index contributed by atoms with van der Waals surface area (Å²) in [6.45, 7) is 0.720. The van der Waals surface area contributed by atoms with Crippen LogP contribution < -0.4 is 0 Å². The van der Waals surface area contributed by atoms with Gasteiger partial charge in [0.15, 0.2) is 0 Å². The van der Waals surface area contributed by atoms with Gasteiger partial charge in [-0.1, -0.05) is 18.9 Å². The Morgan fingerprint density at radius 1 is 1.21 bits per heavy atom. The number of hydrogen-bond donors (Lipinski definition) is 0. The van der Waals surface area contributed by atoms with Crippen LogP contribution in [0.3, 0.4) is 0 Å². The molecular weight excluding hydrogens is 367 g/mol. The lowest BCUT2D eigenvalue weighted by atomic mass is 10.1. The van der Waals surface area contributed by atoms with Gasteiger partial charge in [-0.05, 0) is 49.8 Å². The zero-order chi connectivity index (χ0) is 19.9. The van der Waals surface area contributed by atoms with Gasteiger partial charge in [0.25, 0.3) is 5.91 Å². The summed E-state index contributed by atoms with van der Waals surface area (Å²) < 4.78 is 40.8. The summed E-state index contributed by atoms with van der Waals surface area (Å²) >= 11 is 0. The summed E-state index contributed by atoms with van der Waals surface area (Å²) in [5.41, 5.74) is 0.880. The van der Waals surface area contributed by atoms with Gasteiger partial charge >= 0.3 is 6.18 Å². The van der Waals surface area contributed by atoms with Crippen molar-refractivity contribution in [1.29, 1.82) is 0 Å². The Morgan fingerprint density at radius 3 is 2.57 bits per heavy atom. The first-order valence-electron chi connectivity index (χ1n) is 9.85. The van der Waals surface area contributed by atoms with Crippen LogP contribution in [0.15, 0.2) is 30.5 Å². The van der Waals surface area contributed by atoms with E-state index in [0.29, 0.717) is 17.2 Å². The molecule has 150 valence electrons. The predicted octanol–water partition coefficient (Wildman–Crippen LogP) is 5.03. The maximum Gasteiger partial charge on any atom is 0.416 e. The highest BCUT2D eigenvalue weighted by Crippen LogP contribution is 2.43. The highest BCUT2D eigenvalue weighted by atomic mass is 19.4. The number of benzene rings is 1. The third-order valence-corrected chi connectivity index (χ3v) is 5.77. The SMILES string of the molecule is CN(CC1CCCC1)C(=O)c1cnn(-c2cccc(C(F)(F)F)c2)c1C1CC1. The van der Waals surface area contributed by atoms with Gasteiger partial charge in [0, 0.05) is 19.5 Å². The van der Waals surface area contributed by atoms with Crippen molar-refractivity contribution < 1.29 is 18.0 Å². The van der Waals surface area contributed by atoms with E-state index in [1.165, 1.54) is 29.8 Å². The average molecular weight is 391 g/mol. The van der Waals surface area contributed by atoms with E-state index in [1.54, 1.807) is 18.0 Å². The van der Waals surface area contributed by atoms with Crippen molar-refractivity contribution in [3.8, 4) is 5.69 Å². The summed E-state index contributed by atoms with van der Waals surface area (Å²) in [7, 11) is 1.80. The number of alkyl halides is 3. The van der Waals surface area contributed by atoms with Crippen LogP contribution in [0.1, 0.15) is 66.1 Å². The molecular formula is C21H24F3N3O. The highest BCUT2D eigenvalue weighted by molar-refractivity contribution is 5.95. The monoisotopic (exact) mass is 391 g/mol. The number of amides is 1. The Labute approximate surface area is 162 Å². The van der Waals surface area contributed by atoms with Crippen molar-refractivity contribution in [2.75, 3.05) is 13.6 Å². The summed E-state index contributed by atoms with van der Waals surface area (Å²) in [4.78, 5) is 14.8. The van der Waals surface area contributed by atoms with E-state index >= 15 is 0 Å². The molecule has 2 saturated carbocycles. The van der Waals surface area contributed by atoms with E-state index in [9.17, 15) is 18.0 Å². The molecule has 2 aromatic rings. The van der Waals surface area contributed by atoms with Crippen molar-refractivity contribution in [3.05, 3.63) is 47.3 Å². The first-order chi connectivity index (χ1) is 13.3. The smallest absolute Gasteiger partial charge is 0.341 e. The average Bonchev–Trinajstić information content (AvgIpc) is 3.19. The molecule has 0 saturated heterocycles. The molecule has 0 atom stereocenters. The fourth-order valence-corrected chi connectivity index (χ4v) is 4.16. The van der Waals surface area contributed by atoms with Crippen LogP contribution in [0.2, 0.25) is 0 Å². The van der Waals surface area contributed by atoms with Gasteiger partial charge in [0.1, 0.15) is 0 Å². The molecule has 0 bridgehead atoms. The van der Waals surface area contributed by atoms with Crippen molar-refractivity contribution in [2.45, 2.75) is 50.6 Å². The number of rotatable bonds is 5. The Hall–Kier alpha value is -2.31. The zero-order valence-corrected chi connectivity index (χ0v) is 15.9. The van der Waals surface area contributed by atoms with Gasteiger partial charge in [-0.25, -0.2) is 4.68 Å². The first kappa shape index (κ1) is 19.0. The normalized spacial score (nSPS) is 17.9. The Kier molecular flexibility index (Phi) is 4.93. The minimum atomic E-state index is -4.41. The Balaban J connectivity index is 1.64. The third-order valence-electron chi connectivity index (χ3n) is 5.77. The lowest BCUT2D eigenvalue weighted by molar-refractivity contribution is -0.137. The molecule has 1 aromatic carbocycles. The molecule has 0 spiro atoms. The molecule has 2 aliphatic carbocycles. The number of carbonyl (C=O) groups is 1. The summed E-state index contributed by atoms with van der Waals surface area (Å²) in [5, 5.41) is 4.31. The fraction of sp³-hybridized carbons (Fsp3) is 0.524. The van der Waals surface area contributed by atoms with E-state index in [-0.39, 0.29) is 11.8 Å². The Morgan fingerprint density at radius 2 is 1.93 bits per heavy atom. The molecule has 4 nitrogen and oxygen atoms in total. The van der Waals surface area contributed by atoms with Crippen molar-refractivity contribution >= 4 is 5.91 Å². The molecule has 1 aromatic heterocycles. The van der Waals surface area contributed by atoms with E-state index in [0.717, 1.165) is 50.1 Å². The zero-order valence-electron chi connectivity index (χ0n) is 15.9. The van der Waals surface area contributed by atoms with Gasteiger partial charge in [0.2, 0.25) is 0 Å². The minimum absolute atomic E-state index is 0.0907. The van der Waals surface area contributed by atoms with Gasteiger partial charge in [-0.3, -0.25) is 4.79 Å². The van der Waals surface area contributed by atoms with Gasteiger partial charge in [-0.2, -0.15) is 18.3 Å². The molecule has 2 aliphatic rings. The quantitative estimate of drug-likeness (QED) is 0.717. The summed E-state index contributed by atoms with van der Waals surface area (Å²) in [6.07, 6.45) is 3.69. The van der Waals surface area contributed by atoms with Crippen LogP contribution in [-0.2, 0) is 6.18 Å². The number of halogens is 3. The Bertz CT molecular complexity index is 864. The van der Waals surface area contributed by atoms with Gasteiger partial charge < -0.3 is 4.90 Å². The lowest BCUT2D eigenvalue weighted by Crippen LogP contribution is -2.31. The molecule has 7 heteroatoms. The molecule has 0 N–H and O–H groups in total. The second kappa shape index (κ2) is 7.26. The van der Waals surface area contributed by atoms with E-state index in [1.807, 2.05) is 0 Å². The minimum Gasteiger partial charge on any atom is -0.341 e. The molecule has 2 fully saturated rings. The standard InChI is InChI=1S/C21H24F3N3O/c1-26(13-14-5-2-3-6-14)20(28)18-12-25-27(19(18)15-9-10-15)17-8-4-7-16(11-17)21(22,23)24/h4,7-8,11-12,14-15H,2-3,5-6,9-10,13H2,1H3. The molecule has 0 aliphatic heterocycles. The molecule has 4 rings (SSSR count). The van der Waals surface area contributed by atoms with Crippen LogP contribution >= 0.6 is 0 Å². The van der Waals surface area contributed by atoms with Crippen molar-refractivity contribution in [3.63, 3.8) is 0 Å².